The van der Waals surface area contributed by atoms with E-state index in [2.05, 4.69) is 0 Å². The Balaban J connectivity index is 2.56. The number of halogens is 3. The minimum Gasteiger partial charge on any atom is -0.376 e. The number of benzene rings is 2. The fraction of sp³-hybridized carbons (Fsp3) is 0.316. The molecule has 0 heterocycles. The lowest BCUT2D eigenvalue weighted by molar-refractivity contribution is -0.269. The van der Waals surface area contributed by atoms with Gasteiger partial charge < -0.3 is 5.11 Å². The number of nitrogens with zero attached hydrogens (tertiary/aromatic N) is 1. The first-order valence-electron chi connectivity index (χ1n) is 7.63. The molecule has 0 fully saturated rings. The molecule has 0 aliphatic carbocycles. The van der Waals surface area contributed by atoms with Gasteiger partial charge >= 0.3 is 6.18 Å². The van der Waals surface area contributed by atoms with E-state index >= 15 is 0 Å². The summed E-state index contributed by atoms with van der Waals surface area (Å²) in [5.41, 5.74) is -0.807. The molecule has 1 unspecified atom stereocenters. The van der Waals surface area contributed by atoms with Crippen LogP contribution in [0.5, 0.6) is 0 Å². The van der Waals surface area contributed by atoms with Crippen molar-refractivity contribution in [2.75, 3.05) is 0 Å². The van der Waals surface area contributed by atoms with E-state index in [0.717, 1.165) is 17.2 Å². The van der Waals surface area contributed by atoms with Crippen LogP contribution in [-0.2, 0) is 5.60 Å². The van der Waals surface area contributed by atoms with E-state index < -0.39 is 18.2 Å². The fourth-order valence-electron chi connectivity index (χ4n) is 2.69. The van der Waals surface area contributed by atoms with Gasteiger partial charge in [-0.25, -0.2) is 0 Å². The maximum atomic E-state index is 13.3. The van der Waals surface area contributed by atoms with Gasteiger partial charge in [0.1, 0.15) is 0 Å². The second kappa shape index (κ2) is 6.66. The minimum absolute atomic E-state index is 0.107. The van der Waals surface area contributed by atoms with Crippen LogP contribution < -0.4 is 0 Å². The van der Waals surface area contributed by atoms with Gasteiger partial charge in [0, 0.05) is 0 Å². The number of nitriles is 1. The van der Waals surface area contributed by atoms with Crippen LogP contribution in [0, 0.1) is 18.3 Å². The van der Waals surface area contributed by atoms with Crippen molar-refractivity contribution in [2.24, 2.45) is 0 Å². The zero-order valence-corrected chi connectivity index (χ0v) is 13.5. The highest BCUT2D eigenvalue weighted by molar-refractivity contribution is 5.71. The van der Waals surface area contributed by atoms with Crippen molar-refractivity contribution in [3.05, 3.63) is 59.2 Å². The van der Waals surface area contributed by atoms with Crippen molar-refractivity contribution in [3.63, 3.8) is 0 Å². The maximum absolute atomic E-state index is 13.3. The third-order valence-corrected chi connectivity index (χ3v) is 4.06. The Morgan fingerprint density at radius 1 is 1.08 bits per heavy atom. The third kappa shape index (κ3) is 3.29. The number of aliphatic hydroxyl groups is 1. The summed E-state index contributed by atoms with van der Waals surface area (Å²) in [5, 5.41) is 19.5. The number of rotatable bonds is 4. The Morgan fingerprint density at radius 2 is 1.71 bits per heavy atom. The summed E-state index contributed by atoms with van der Waals surface area (Å²) < 4.78 is 40.0. The monoisotopic (exact) mass is 333 g/mol. The molecule has 5 heteroatoms. The van der Waals surface area contributed by atoms with Crippen LogP contribution in [0.25, 0.3) is 11.1 Å². The summed E-state index contributed by atoms with van der Waals surface area (Å²) in [6, 6.07) is 13.1. The second-order valence-electron chi connectivity index (χ2n) is 5.85. The average molecular weight is 333 g/mol. The quantitative estimate of drug-likeness (QED) is 0.847. The summed E-state index contributed by atoms with van der Waals surface area (Å²) in [6.07, 6.45) is -5.09. The third-order valence-electron chi connectivity index (χ3n) is 4.06. The molecule has 2 rings (SSSR count). The number of aryl methyl sites for hydroxylation is 1. The van der Waals surface area contributed by atoms with Crippen molar-refractivity contribution >= 4 is 0 Å². The summed E-state index contributed by atoms with van der Waals surface area (Å²) in [4.78, 5) is 0. The molecule has 0 amide bonds. The topological polar surface area (TPSA) is 44.0 Å². The number of hydrogen-bond acceptors (Lipinski definition) is 2. The first kappa shape index (κ1) is 18.0. The highest BCUT2D eigenvalue weighted by Crippen LogP contribution is 2.43. The van der Waals surface area contributed by atoms with E-state index in [4.69, 9.17) is 0 Å². The van der Waals surface area contributed by atoms with Gasteiger partial charge in [0.25, 0.3) is 0 Å². The lowest BCUT2D eigenvalue weighted by Crippen LogP contribution is -2.42. The molecule has 0 radical (unpaired) electrons. The smallest absolute Gasteiger partial charge is 0.376 e. The molecule has 0 aromatic heterocycles. The van der Waals surface area contributed by atoms with Crippen LogP contribution in [0.3, 0.4) is 0 Å². The van der Waals surface area contributed by atoms with Gasteiger partial charge in [-0.05, 0) is 36.1 Å². The normalized spacial score (nSPS) is 14.0. The molecule has 24 heavy (non-hydrogen) atoms. The predicted octanol–water partition coefficient (Wildman–Crippen LogP) is 5.08. The van der Waals surface area contributed by atoms with E-state index in [0.29, 0.717) is 5.56 Å². The molecule has 0 saturated heterocycles. The largest absolute Gasteiger partial charge is 0.421 e. The molecule has 1 atom stereocenters. The molecule has 0 aliphatic heterocycles. The first-order chi connectivity index (χ1) is 11.2. The van der Waals surface area contributed by atoms with Crippen molar-refractivity contribution < 1.29 is 18.3 Å². The zero-order valence-electron chi connectivity index (χ0n) is 13.5. The molecule has 0 aliphatic rings. The maximum Gasteiger partial charge on any atom is 0.421 e. The van der Waals surface area contributed by atoms with Crippen molar-refractivity contribution in [1.82, 2.24) is 0 Å². The molecule has 2 aromatic rings. The van der Waals surface area contributed by atoms with Gasteiger partial charge in [0.05, 0.1) is 11.6 Å². The van der Waals surface area contributed by atoms with Crippen LogP contribution >= 0.6 is 0 Å². The molecule has 1 N–H and O–H groups in total. The van der Waals surface area contributed by atoms with Gasteiger partial charge in [-0.15, -0.1) is 0 Å². The van der Waals surface area contributed by atoms with Crippen molar-refractivity contribution in [3.8, 4) is 17.2 Å². The molecule has 2 aromatic carbocycles. The Kier molecular flexibility index (Phi) is 5.00. The standard InChI is InChI=1S/C19H18F3NO/c1-3-10-18(24,19(20,21)22)16-8-9-17(15(11-16)12-23)14-6-4-13(2)5-7-14/h4-9,11,24H,3,10H2,1-2H3. The lowest BCUT2D eigenvalue weighted by atomic mass is 9.86. The molecule has 2 nitrogen and oxygen atoms in total. The van der Waals surface area contributed by atoms with E-state index in [1.165, 1.54) is 12.1 Å². The van der Waals surface area contributed by atoms with Crippen LogP contribution in [0.1, 0.15) is 36.5 Å². The first-order valence-corrected chi connectivity index (χ1v) is 7.63. The summed E-state index contributed by atoms with van der Waals surface area (Å²) in [7, 11) is 0. The molecular formula is C19H18F3NO. The predicted molar refractivity (Wildman–Crippen MR) is 86.2 cm³/mol. The van der Waals surface area contributed by atoms with Crippen LogP contribution in [0.15, 0.2) is 42.5 Å². The van der Waals surface area contributed by atoms with E-state index in [9.17, 15) is 23.5 Å². The highest BCUT2D eigenvalue weighted by atomic mass is 19.4. The Morgan fingerprint density at radius 3 is 2.21 bits per heavy atom. The molecule has 0 spiro atoms. The fourth-order valence-corrected chi connectivity index (χ4v) is 2.69. The van der Waals surface area contributed by atoms with Crippen molar-refractivity contribution in [1.29, 1.82) is 5.26 Å². The van der Waals surface area contributed by atoms with Gasteiger partial charge in [-0.1, -0.05) is 55.3 Å². The van der Waals surface area contributed by atoms with Crippen molar-refractivity contribution in [2.45, 2.75) is 38.5 Å². The van der Waals surface area contributed by atoms with Gasteiger partial charge in [-0.3, -0.25) is 0 Å². The number of alkyl halides is 3. The molecular weight excluding hydrogens is 315 g/mol. The molecule has 126 valence electrons. The number of hydrogen-bond donors (Lipinski definition) is 1. The minimum atomic E-state index is -4.80. The van der Waals surface area contributed by atoms with Gasteiger partial charge in [-0.2, -0.15) is 18.4 Å². The Hall–Kier alpha value is -2.32. The highest BCUT2D eigenvalue weighted by Gasteiger charge is 2.54. The van der Waals surface area contributed by atoms with Gasteiger partial charge in [0.2, 0.25) is 0 Å². The Labute approximate surface area is 139 Å². The van der Waals surface area contributed by atoms with Gasteiger partial charge in [0.15, 0.2) is 5.60 Å². The molecule has 0 saturated carbocycles. The second-order valence-corrected chi connectivity index (χ2v) is 5.85. The van der Waals surface area contributed by atoms with Crippen LogP contribution in [0.4, 0.5) is 13.2 Å². The summed E-state index contributed by atoms with van der Waals surface area (Å²) in [6.45, 7) is 3.49. The van der Waals surface area contributed by atoms with E-state index in [1.807, 2.05) is 37.3 Å². The van der Waals surface area contributed by atoms with Crippen LogP contribution in [0.2, 0.25) is 0 Å². The van der Waals surface area contributed by atoms with E-state index in [-0.39, 0.29) is 17.5 Å². The van der Waals surface area contributed by atoms with Crippen LogP contribution in [-0.4, -0.2) is 11.3 Å². The lowest BCUT2D eigenvalue weighted by Gasteiger charge is -2.31. The van der Waals surface area contributed by atoms with E-state index in [1.54, 1.807) is 6.92 Å². The molecule has 0 bridgehead atoms. The zero-order chi connectivity index (χ0) is 18.0. The summed E-state index contributed by atoms with van der Waals surface area (Å²) >= 11 is 0. The SMILES string of the molecule is CCCC(O)(c1ccc(-c2ccc(C)cc2)c(C#N)c1)C(F)(F)F. The summed E-state index contributed by atoms with van der Waals surface area (Å²) in [5.74, 6) is 0. The average Bonchev–Trinajstić information content (AvgIpc) is 2.54. The Bertz CT molecular complexity index is 760.